The summed E-state index contributed by atoms with van der Waals surface area (Å²) in [6, 6.07) is 7.39. The summed E-state index contributed by atoms with van der Waals surface area (Å²) >= 11 is 3.39. The van der Waals surface area contributed by atoms with Gasteiger partial charge in [-0.2, -0.15) is 0 Å². The number of para-hydroxylation sites is 1. The number of amides is 1. The number of aromatic nitrogens is 1. The highest BCUT2D eigenvalue weighted by Gasteiger charge is 2.13. The SMILES string of the molecule is C#CCNC(=O)C(C)Nc1cccc2cc(Br)cnc12. The van der Waals surface area contributed by atoms with Crippen molar-refractivity contribution < 1.29 is 4.79 Å². The summed E-state index contributed by atoms with van der Waals surface area (Å²) in [5.41, 5.74) is 1.64. The maximum atomic E-state index is 11.8. The van der Waals surface area contributed by atoms with Crippen molar-refractivity contribution in [1.82, 2.24) is 10.3 Å². The smallest absolute Gasteiger partial charge is 0.242 e. The van der Waals surface area contributed by atoms with Gasteiger partial charge in [-0.25, -0.2) is 0 Å². The van der Waals surface area contributed by atoms with Crippen LogP contribution in [0.4, 0.5) is 5.69 Å². The van der Waals surface area contributed by atoms with E-state index in [0.717, 1.165) is 21.1 Å². The molecule has 0 fully saturated rings. The molecule has 4 nitrogen and oxygen atoms in total. The molecule has 0 spiro atoms. The highest BCUT2D eigenvalue weighted by atomic mass is 79.9. The van der Waals surface area contributed by atoms with Crippen LogP contribution in [0.1, 0.15) is 6.92 Å². The van der Waals surface area contributed by atoms with Crippen LogP contribution in [0.2, 0.25) is 0 Å². The molecule has 1 aromatic carbocycles. The lowest BCUT2D eigenvalue weighted by Crippen LogP contribution is -2.37. The molecule has 0 aliphatic heterocycles. The number of carbonyl (C=O) groups is 1. The van der Waals surface area contributed by atoms with Crippen LogP contribution in [0.25, 0.3) is 10.9 Å². The van der Waals surface area contributed by atoms with Gasteiger partial charge in [0.05, 0.1) is 17.7 Å². The number of nitrogens with zero attached hydrogens (tertiary/aromatic N) is 1. The Balaban J connectivity index is 2.21. The molecule has 2 N–H and O–H groups in total. The van der Waals surface area contributed by atoms with Gasteiger partial charge in [0.25, 0.3) is 0 Å². The fourth-order valence-corrected chi connectivity index (χ4v) is 2.19. The Bertz CT molecular complexity index is 678. The average Bonchev–Trinajstić information content (AvgIpc) is 2.44. The molecule has 20 heavy (non-hydrogen) atoms. The number of hydrogen-bond acceptors (Lipinski definition) is 3. The second-order valence-electron chi connectivity index (χ2n) is 4.32. The van der Waals surface area contributed by atoms with Gasteiger partial charge in [0.1, 0.15) is 6.04 Å². The van der Waals surface area contributed by atoms with Gasteiger partial charge in [-0.05, 0) is 35.0 Å². The predicted molar refractivity (Wildman–Crippen MR) is 84.4 cm³/mol. The number of fused-ring (bicyclic) bond motifs is 1. The number of carbonyl (C=O) groups excluding carboxylic acids is 1. The third kappa shape index (κ3) is 3.28. The van der Waals surface area contributed by atoms with E-state index >= 15 is 0 Å². The van der Waals surface area contributed by atoms with Gasteiger partial charge in [-0.3, -0.25) is 9.78 Å². The first-order valence-electron chi connectivity index (χ1n) is 6.14. The quantitative estimate of drug-likeness (QED) is 0.846. The van der Waals surface area contributed by atoms with Crippen molar-refractivity contribution in [2.75, 3.05) is 11.9 Å². The second kappa shape index (κ2) is 6.40. The Hall–Kier alpha value is -2.06. The lowest BCUT2D eigenvalue weighted by atomic mass is 10.1. The van der Waals surface area contributed by atoms with Crippen molar-refractivity contribution in [3.8, 4) is 12.3 Å². The molecule has 1 amide bonds. The van der Waals surface area contributed by atoms with Crippen LogP contribution in [0, 0.1) is 12.3 Å². The molecule has 0 bridgehead atoms. The molecule has 0 radical (unpaired) electrons. The molecule has 2 rings (SSSR count). The number of rotatable bonds is 4. The molecular formula is C15H14BrN3O. The Kier molecular flexibility index (Phi) is 4.59. The highest BCUT2D eigenvalue weighted by molar-refractivity contribution is 9.10. The van der Waals surface area contributed by atoms with Gasteiger partial charge in [-0.1, -0.05) is 18.1 Å². The minimum Gasteiger partial charge on any atom is -0.372 e. The van der Waals surface area contributed by atoms with Gasteiger partial charge >= 0.3 is 0 Å². The number of halogens is 1. The number of nitrogens with one attached hydrogen (secondary N) is 2. The standard InChI is InChI=1S/C15H14BrN3O/c1-3-7-17-15(20)10(2)19-13-6-4-5-11-8-12(16)9-18-14(11)13/h1,4-6,8-10,19H,7H2,2H3,(H,17,20). The molecule has 102 valence electrons. The number of terminal acetylenes is 1. The van der Waals surface area contributed by atoms with Gasteiger partial charge in [-0.15, -0.1) is 6.42 Å². The zero-order valence-electron chi connectivity index (χ0n) is 11.0. The summed E-state index contributed by atoms with van der Waals surface area (Å²) in [6.07, 6.45) is 6.85. The molecule has 1 heterocycles. The van der Waals surface area contributed by atoms with E-state index in [4.69, 9.17) is 6.42 Å². The van der Waals surface area contributed by atoms with Crippen molar-refractivity contribution in [1.29, 1.82) is 0 Å². The summed E-state index contributed by atoms with van der Waals surface area (Å²) in [7, 11) is 0. The average molecular weight is 332 g/mol. The third-order valence-electron chi connectivity index (χ3n) is 2.81. The van der Waals surface area contributed by atoms with E-state index in [2.05, 4.69) is 37.5 Å². The van der Waals surface area contributed by atoms with E-state index in [1.165, 1.54) is 0 Å². The summed E-state index contributed by atoms with van der Waals surface area (Å²) in [5, 5.41) is 6.80. The van der Waals surface area contributed by atoms with Crippen molar-refractivity contribution in [3.05, 3.63) is 34.9 Å². The van der Waals surface area contributed by atoms with E-state index in [-0.39, 0.29) is 18.5 Å². The van der Waals surface area contributed by atoms with E-state index in [1.807, 2.05) is 24.3 Å². The van der Waals surface area contributed by atoms with Crippen molar-refractivity contribution in [3.63, 3.8) is 0 Å². The fourth-order valence-electron chi connectivity index (χ4n) is 1.84. The molecule has 5 heteroatoms. The molecule has 0 aliphatic carbocycles. The summed E-state index contributed by atoms with van der Waals surface area (Å²) in [4.78, 5) is 16.2. The lowest BCUT2D eigenvalue weighted by Gasteiger charge is -2.15. The number of pyridine rings is 1. The zero-order chi connectivity index (χ0) is 14.5. The summed E-state index contributed by atoms with van der Waals surface area (Å²) < 4.78 is 0.918. The minimum absolute atomic E-state index is 0.142. The molecule has 1 aromatic heterocycles. The Morgan fingerprint density at radius 3 is 3.10 bits per heavy atom. The van der Waals surface area contributed by atoms with Crippen LogP contribution in [-0.2, 0) is 4.79 Å². The Morgan fingerprint density at radius 1 is 1.55 bits per heavy atom. The van der Waals surface area contributed by atoms with Gasteiger partial charge in [0.15, 0.2) is 0 Å². The molecular weight excluding hydrogens is 318 g/mol. The van der Waals surface area contributed by atoms with E-state index < -0.39 is 0 Å². The Morgan fingerprint density at radius 2 is 2.35 bits per heavy atom. The monoisotopic (exact) mass is 331 g/mol. The fraction of sp³-hybridized carbons (Fsp3) is 0.200. The topological polar surface area (TPSA) is 54.0 Å². The molecule has 0 saturated carbocycles. The number of hydrogen-bond donors (Lipinski definition) is 2. The van der Waals surface area contributed by atoms with Gasteiger partial charge in [0, 0.05) is 16.1 Å². The third-order valence-corrected chi connectivity index (χ3v) is 3.24. The van der Waals surface area contributed by atoms with Crippen molar-refractivity contribution >= 4 is 38.4 Å². The molecule has 0 saturated heterocycles. The largest absolute Gasteiger partial charge is 0.372 e. The van der Waals surface area contributed by atoms with Gasteiger partial charge in [0.2, 0.25) is 5.91 Å². The summed E-state index contributed by atoms with van der Waals surface area (Å²) in [5.74, 6) is 2.23. The van der Waals surface area contributed by atoms with Crippen LogP contribution in [0.3, 0.4) is 0 Å². The summed E-state index contributed by atoms with van der Waals surface area (Å²) in [6.45, 7) is 2.01. The number of benzene rings is 1. The second-order valence-corrected chi connectivity index (χ2v) is 5.23. The van der Waals surface area contributed by atoms with Crippen LogP contribution in [0.5, 0.6) is 0 Å². The van der Waals surface area contributed by atoms with Crippen LogP contribution in [-0.4, -0.2) is 23.5 Å². The van der Waals surface area contributed by atoms with Crippen molar-refractivity contribution in [2.45, 2.75) is 13.0 Å². The lowest BCUT2D eigenvalue weighted by molar-refractivity contribution is -0.121. The van der Waals surface area contributed by atoms with E-state index in [1.54, 1.807) is 13.1 Å². The first-order valence-corrected chi connectivity index (χ1v) is 6.93. The maximum Gasteiger partial charge on any atom is 0.242 e. The maximum absolute atomic E-state index is 11.8. The van der Waals surface area contributed by atoms with E-state index in [9.17, 15) is 4.79 Å². The van der Waals surface area contributed by atoms with Crippen LogP contribution >= 0.6 is 15.9 Å². The van der Waals surface area contributed by atoms with Crippen molar-refractivity contribution in [2.24, 2.45) is 0 Å². The van der Waals surface area contributed by atoms with E-state index in [0.29, 0.717) is 0 Å². The van der Waals surface area contributed by atoms with Crippen LogP contribution in [0.15, 0.2) is 34.9 Å². The number of anilines is 1. The normalized spacial score (nSPS) is 11.7. The first-order chi connectivity index (χ1) is 9.61. The molecule has 1 atom stereocenters. The predicted octanol–water partition coefficient (Wildman–Crippen LogP) is 2.55. The van der Waals surface area contributed by atoms with Crippen LogP contribution < -0.4 is 10.6 Å². The molecule has 1 unspecified atom stereocenters. The highest BCUT2D eigenvalue weighted by Crippen LogP contribution is 2.24. The Labute approximate surface area is 126 Å². The molecule has 2 aromatic rings. The van der Waals surface area contributed by atoms with Gasteiger partial charge < -0.3 is 10.6 Å². The minimum atomic E-state index is -0.389. The zero-order valence-corrected chi connectivity index (χ0v) is 12.6. The molecule has 0 aliphatic rings. The first kappa shape index (κ1) is 14.4.